The van der Waals surface area contributed by atoms with Gasteiger partial charge in [-0.15, -0.1) is 11.8 Å². The van der Waals surface area contributed by atoms with E-state index in [0.29, 0.717) is 5.13 Å². The van der Waals surface area contributed by atoms with Crippen LogP contribution in [-0.4, -0.2) is 34.8 Å². The molecule has 7 heteroatoms. The zero-order valence-corrected chi connectivity index (χ0v) is 20.8. The number of fused-ring (bicyclic) bond motifs is 1. The van der Waals surface area contributed by atoms with Gasteiger partial charge in [-0.05, 0) is 30.0 Å². The van der Waals surface area contributed by atoms with Crippen molar-refractivity contribution in [3.8, 4) is 21.7 Å². The minimum Gasteiger partial charge on any atom is -0.311 e. The highest BCUT2D eigenvalue weighted by Gasteiger charge is 2.22. The van der Waals surface area contributed by atoms with Gasteiger partial charge in [-0.3, -0.25) is 9.59 Å². The van der Waals surface area contributed by atoms with E-state index in [-0.39, 0.29) is 23.3 Å². The zero-order chi connectivity index (χ0) is 24.0. The number of benzene rings is 3. The molecule has 0 radical (unpaired) electrons. The van der Waals surface area contributed by atoms with E-state index in [4.69, 9.17) is 4.98 Å². The van der Waals surface area contributed by atoms with Gasteiger partial charge in [0.1, 0.15) is 0 Å². The van der Waals surface area contributed by atoms with Crippen molar-refractivity contribution in [1.29, 1.82) is 0 Å². The number of carbonyl (C=O) groups is 2. The first-order valence-electron chi connectivity index (χ1n) is 11.6. The Kier molecular flexibility index (Phi) is 7.25. The van der Waals surface area contributed by atoms with E-state index in [9.17, 15) is 9.59 Å². The molecule has 0 bridgehead atoms. The first-order valence-corrected chi connectivity index (χ1v) is 13.5. The number of thiazole rings is 1. The van der Waals surface area contributed by atoms with Crippen molar-refractivity contribution < 1.29 is 9.59 Å². The van der Waals surface area contributed by atoms with Crippen LogP contribution in [0.15, 0.2) is 84.9 Å². The summed E-state index contributed by atoms with van der Waals surface area (Å²) in [6, 6.07) is 28.1. The van der Waals surface area contributed by atoms with Gasteiger partial charge in [0, 0.05) is 17.8 Å². The molecule has 0 fully saturated rings. The van der Waals surface area contributed by atoms with Gasteiger partial charge in [-0.2, -0.15) is 0 Å². The normalized spacial score (nSPS) is 12.7. The number of aryl methyl sites for hydroxylation is 1. The number of aromatic nitrogens is 1. The third-order valence-electron chi connectivity index (χ3n) is 5.83. The number of hydrogen-bond acceptors (Lipinski definition) is 5. The molecule has 0 atom stereocenters. The quantitative estimate of drug-likeness (QED) is 0.332. The number of anilines is 2. The van der Waals surface area contributed by atoms with Crippen molar-refractivity contribution in [2.45, 2.75) is 12.8 Å². The van der Waals surface area contributed by atoms with E-state index in [2.05, 4.69) is 11.4 Å². The fourth-order valence-corrected chi connectivity index (χ4v) is 5.91. The summed E-state index contributed by atoms with van der Waals surface area (Å²) in [5.74, 6) is 0.350. The Morgan fingerprint density at radius 2 is 1.57 bits per heavy atom. The van der Waals surface area contributed by atoms with E-state index in [1.54, 1.807) is 0 Å². The maximum absolute atomic E-state index is 12.8. The number of carbonyl (C=O) groups excluding carboxylic acids is 2. The molecule has 0 saturated heterocycles. The van der Waals surface area contributed by atoms with Gasteiger partial charge in [0.2, 0.25) is 11.8 Å². The predicted molar refractivity (Wildman–Crippen MR) is 146 cm³/mol. The first kappa shape index (κ1) is 23.3. The summed E-state index contributed by atoms with van der Waals surface area (Å²) >= 11 is 2.80. The predicted octanol–water partition coefficient (Wildman–Crippen LogP) is 6.13. The van der Waals surface area contributed by atoms with Gasteiger partial charge in [0.05, 0.1) is 22.1 Å². The number of rotatable bonds is 7. The molecule has 176 valence electrons. The zero-order valence-electron chi connectivity index (χ0n) is 19.1. The Labute approximate surface area is 213 Å². The van der Waals surface area contributed by atoms with Crippen LogP contribution in [0.2, 0.25) is 0 Å². The molecule has 0 aliphatic carbocycles. The molecule has 4 aromatic rings. The van der Waals surface area contributed by atoms with Crippen molar-refractivity contribution >= 4 is 45.7 Å². The summed E-state index contributed by atoms with van der Waals surface area (Å²) in [6.07, 6.45) is 1.96. The maximum atomic E-state index is 12.8. The number of thioether (sulfide) groups is 1. The molecular weight excluding hydrogens is 474 g/mol. The molecule has 0 unspecified atom stereocenters. The standard InChI is InChI=1S/C28H25N3O2S2/c32-24(18-34-19-25(33)31-17-9-15-20-10-7-8-16-23(20)31)29-28-30-26(21-11-3-1-4-12-21)27(35-28)22-13-5-2-6-14-22/h1-8,10-14,16H,9,15,17-19H2,(H,29,30,32). The SMILES string of the molecule is O=C(CSCC(=O)N1CCCc2ccccc21)Nc1nc(-c2ccccc2)c(-c2ccccc2)s1. The van der Waals surface area contributed by atoms with E-state index < -0.39 is 0 Å². The van der Waals surface area contributed by atoms with Crippen LogP contribution in [-0.2, 0) is 16.0 Å². The summed E-state index contributed by atoms with van der Waals surface area (Å²) in [7, 11) is 0. The summed E-state index contributed by atoms with van der Waals surface area (Å²) < 4.78 is 0. The van der Waals surface area contributed by atoms with Gasteiger partial charge in [0.25, 0.3) is 0 Å². The van der Waals surface area contributed by atoms with E-state index in [0.717, 1.165) is 46.8 Å². The molecule has 0 saturated carbocycles. The molecule has 3 aromatic carbocycles. The highest BCUT2D eigenvalue weighted by molar-refractivity contribution is 8.00. The molecule has 35 heavy (non-hydrogen) atoms. The Hall–Kier alpha value is -3.42. The molecular formula is C28H25N3O2S2. The van der Waals surface area contributed by atoms with Crippen LogP contribution < -0.4 is 10.2 Å². The van der Waals surface area contributed by atoms with Gasteiger partial charge in [-0.25, -0.2) is 4.98 Å². The molecule has 1 aliphatic rings. The largest absolute Gasteiger partial charge is 0.311 e. The third kappa shape index (κ3) is 5.47. The Bertz CT molecular complexity index is 1270. The molecule has 5 rings (SSSR count). The molecule has 5 nitrogen and oxygen atoms in total. The van der Waals surface area contributed by atoms with Crippen molar-refractivity contribution in [3.05, 3.63) is 90.5 Å². The highest BCUT2D eigenvalue weighted by Crippen LogP contribution is 2.39. The van der Waals surface area contributed by atoms with Gasteiger partial charge < -0.3 is 10.2 Å². The Morgan fingerprint density at radius 1 is 0.886 bits per heavy atom. The minimum atomic E-state index is -0.158. The number of amides is 2. The monoisotopic (exact) mass is 499 g/mol. The van der Waals surface area contributed by atoms with Crippen molar-refractivity contribution in [1.82, 2.24) is 4.98 Å². The summed E-state index contributed by atoms with van der Waals surface area (Å²) in [5, 5.41) is 3.49. The van der Waals surface area contributed by atoms with E-state index >= 15 is 0 Å². The van der Waals surface area contributed by atoms with Crippen LogP contribution in [0.4, 0.5) is 10.8 Å². The molecule has 1 aliphatic heterocycles. The Morgan fingerprint density at radius 3 is 2.34 bits per heavy atom. The fourth-order valence-electron chi connectivity index (χ4n) is 4.21. The topological polar surface area (TPSA) is 62.3 Å². The lowest BCUT2D eigenvalue weighted by atomic mass is 10.0. The van der Waals surface area contributed by atoms with Crippen LogP contribution in [0.3, 0.4) is 0 Å². The van der Waals surface area contributed by atoms with E-state index in [1.165, 1.54) is 28.7 Å². The van der Waals surface area contributed by atoms with Crippen LogP contribution in [0, 0.1) is 0 Å². The van der Waals surface area contributed by atoms with Crippen molar-refractivity contribution in [3.63, 3.8) is 0 Å². The van der Waals surface area contributed by atoms with E-state index in [1.807, 2.05) is 83.8 Å². The van der Waals surface area contributed by atoms with Gasteiger partial charge >= 0.3 is 0 Å². The van der Waals surface area contributed by atoms with Crippen LogP contribution >= 0.6 is 23.1 Å². The summed E-state index contributed by atoms with van der Waals surface area (Å²) in [4.78, 5) is 33.1. The lowest BCUT2D eigenvalue weighted by molar-refractivity contribution is -0.116. The smallest absolute Gasteiger partial charge is 0.236 e. The number of hydrogen-bond donors (Lipinski definition) is 1. The fraction of sp³-hybridized carbons (Fsp3) is 0.179. The van der Waals surface area contributed by atoms with Crippen LogP contribution in [0.25, 0.3) is 21.7 Å². The van der Waals surface area contributed by atoms with Crippen LogP contribution in [0.5, 0.6) is 0 Å². The second-order valence-corrected chi connectivity index (χ2v) is 10.2. The third-order valence-corrected chi connectivity index (χ3v) is 7.76. The van der Waals surface area contributed by atoms with Gasteiger partial charge in [-0.1, -0.05) is 90.2 Å². The first-order chi connectivity index (χ1) is 17.2. The average molecular weight is 500 g/mol. The molecule has 2 heterocycles. The molecule has 0 spiro atoms. The number of nitrogens with zero attached hydrogens (tertiary/aromatic N) is 2. The molecule has 1 aromatic heterocycles. The maximum Gasteiger partial charge on any atom is 0.236 e. The van der Waals surface area contributed by atoms with Crippen molar-refractivity contribution in [2.24, 2.45) is 0 Å². The highest BCUT2D eigenvalue weighted by atomic mass is 32.2. The Balaban J connectivity index is 1.23. The summed E-state index contributed by atoms with van der Waals surface area (Å²) in [5.41, 5.74) is 5.13. The molecule has 2 amide bonds. The average Bonchev–Trinajstić information content (AvgIpc) is 3.33. The van der Waals surface area contributed by atoms with Gasteiger partial charge in [0.15, 0.2) is 5.13 Å². The number of nitrogens with one attached hydrogen (secondary N) is 1. The molecule has 1 N–H and O–H groups in total. The lowest BCUT2D eigenvalue weighted by Crippen LogP contribution is -2.36. The lowest BCUT2D eigenvalue weighted by Gasteiger charge is -2.29. The minimum absolute atomic E-state index is 0.0435. The second kappa shape index (κ2) is 10.9. The second-order valence-electron chi connectivity index (χ2n) is 8.25. The van der Waals surface area contributed by atoms with Crippen LogP contribution in [0.1, 0.15) is 12.0 Å². The van der Waals surface area contributed by atoms with Crippen molar-refractivity contribution in [2.75, 3.05) is 28.3 Å². The summed E-state index contributed by atoms with van der Waals surface area (Å²) in [6.45, 7) is 0.728. The number of para-hydroxylation sites is 1.